The van der Waals surface area contributed by atoms with Gasteiger partial charge < -0.3 is 0 Å². The molecule has 0 nitrogen and oxygen atoms in total. The minimum atomic E-state index is 1.15. The summed E-state index contributed by atoms with van der Waals surface area (Å²) < 4.78 is 2.46. The maximum absolute atomic E-state index is 3.89. The summed E-state index contributed by atoms with van der Waals surface area (Å²) in [5.41, 5.74) is 10.1. The molecule has 0 saturated carbocycles. The van der Waals surface area contributed by atoms with Crippen molar-refractivity contribution < 1.29 is 0 Å². The van der Waals surface area contributed by atoms with Gasteiger partial charge in [-0.3, -0.25) is 0 Å². The fourth-order valence-electron chi connectivity index (χ4n) is 8.10. The van der Waals surface area contributed by atoms with Crippen molar-refractivity contribution in [1.29, 1.82) is 0 Å². The highest BCUT2D eigenvalue weighted by Gasteiger charge is 2.21. The average molecular weight is 718 g/mol. The molecule has 0 atom stereocenters. The zero-order chi connectivity index (χ0) is 33.2. The monoisotopic (exact) mass is 716 g/mol. The topological polar surface area (TPSA) is 0 Å². The number of benzene rings is 9. The molecule has 10 aromatic rings. The Hall–Kier alpha value is -5.54. The Kier molecular flexibility index (Phi) is 6.94. The van der Waals surface area contributed by atoms with Crippen molar-refractivity contribution in [2.24, 2.45) is 0 Å². The van der Waals surface area contributed by atoms with Crippen LogP contribution in [0.2, 0.25) is 0 Å². The van der Waals surface area contributed by atoms with E-state index in [-0.39, 0.29) is 0 Å². The van der Waals surface area contributed by atoms with Crippen molar-refractivity contribution in [3.8, 4) is 44.5 Å². The molecule has 0 saturated heterocycles. The summed E-state index contributed by atoms with van der Waals surface area (Å²) in [6.45, 7) is 0. The van der Waals surface area contributed by atoms with Gasteiger partial charge in [-0.2, -0.15) is 0 Å². The van der Waals surface area contributed by atoms with Crippen LogP contribution < -0.4 is 0 Å². The molecule has 0 bridgehead atoms. The molecule has 2 heteroatoms. The lowest BCUT2D eigenvalue weighted by Gasteiger charge is -2.19. The molecule has 0 spiro atoms. The number of rotatable bonds is 4. The zero-order valence-electron chi connectivity index (χ0n) is 27.0. The van der Waals surface area contributed by atoms with E-state index >= 15 is 0 Å². The molecule has 9 aromatic carbocycles. The largest absolute Gasteiger partial charge is 0.142 e. The number of halogens is 1. The van der Waals surface area contributed by atoms with E-state index in [0.29, 0.717) is 0 Å². The first-order valence-corrected chi connectivity index (χ1v) is 18.6. The molecule has 10 rings (SSSR count). The molecule has 0 amide bonds. The van der Waals surface area contributed by atoms with Crippen LogP contribution in [0.4, 0.5) is 0 Å². The van der Waals surface area contributed by atoms with Gasteiger partial charge in [0.25, 0.3) is 0 Å². The highest BCUT2D eigenvalue weighted by molar-refractivity contribution is 9.10. The Bertz CT molecular complexity index is 2850. The van der Waals surface area contributed by atoms with Gasteiger partial charge in [0.05, 0.1) is 0 Å². The summed E-state index contributed by atoms with van der Waals surface area (Å²) in [6, 6.07) is 62.3. The second kappa shape index (κ2) is 11.8. The minimum absolute atomic E-state index is 1.15. The molecule has 234 valence electrons. The van der Waals surface area contributed by atoms with Crippen LogP contribution in [-0.2, 0) is 0 Å². The van der Waals surface area contributed by atoms with E-state index < -0.39 is 0 Å². The van der Waals surface area contributed by atoms with E-state index in [1.807, 2.05) is 11.3 Å². The van der Waals surface area contributed by atoms with Gasteiger partial charge in [0.15, 0.2) is 0 Å². The smallest absolute Gasteiger partial charge is 0.0445 e. The van der Waals surface area contributed by atoms with Crippen molar-refractivity contribution in [3.05, 3.63) is 180 Å². The predicted molar refractivity (Wildman–Crippen MR) is 221 cm³/mol. The molecule has 1 heterocycles. The van der Waals surface area contributed by atoms with Crippen molar-refractivity contribution >= 4 is 80.4 Å². The normalized spacial score (nSPS) is 11.7. The number of hydrogen-bond acceptors (Lipinski definition) is 1. The Morgan fingerprint density at radius 2 is 0.800 bits per heavy atom. The third kappa shape index (κ3) is 4.49. The van der Waals surface area contributed by atoms with Crippen LogP contribution in [-0.4, -0.2) is 0 Å². The van der Waals surface area contributed by atoms with Crippen molar-refractivity contribution in [2.75, 3.05) is 0 Å². The molecule has 50 heavy (non-hydrogen) atoms. The Morgan fingerprint density at radius 3 is 1.44 bits per heavy atom. The third-order valence-electron chi connectivity index (χ3n) is 10.2. The van der Waals surface area contributed by atoms with E-state index in [4.69, 9.17) is 0 Å². The molecule has 0 aliphatic carbocycles. The highest BCUT2D eigenvalue weighted by atomic mass is 79.9. The van der Waals surface area contributed by atoms with Gasteiger partial charge in [-0.05, 0) is 98.0 Å². The standard InChI is InChI=1S/C48H29BrS/c49-42-29-50-48-45(31-14-2-1-3-15-31)44(38-20-8-11-23-41(38)47(42)48)33-27-25-32(26-28-33)43-36-18-6-9-21-39(36)46(40-22-10-7-19-37(40)43)35-24-12-16-30-13-4-5-17-34(30)35/h1-29H. The summed E-state index contributed by atoms with van der Waals surface area (Å²) in [6.07, 6.45) is 0. The second-order valence-electron chi connectivity index (χ2n) is 12.9. The Labute approximate surface area is 303 Å². The first-order valence-electron chi connectivity index (χ1n) is 17.0. The van der Waals surface area contributed by atoms with E-state index in [1.165, 1.54) is 97.7 Å². The summed E-state index contributed by atoms with van der Waals surface area (Å²) >= 11 is 5.71. The minimum Gasteiger partial charge on any atom is -0.142 e. The second-order valence-corrected chi connectivity index (χ2v) is 14.6. The summed E-state index contributed by atoms with van der Waals surface area (Å²) in [5, 5.41) is 13.7. The maximum Gasteiger partial charge on any atom is 0.0445 e. The molecule has 1 aromatic heterocycles. The van der Waals surface area contributed by atoms with E-state index in [9.17, 15) is 0 Å². The molecule has 0 N–H and O–H groups in total. The summed E-state index contributed by atoms with van der Waals surface area (Å²) in [7, 11) is 0. The van der Waals surface area contributed by atoms with Gasteiger partial charge in [-0.25, -0.2) is 0 Å². The third-order valence-corrected chi connectivity index (χ3v) is 12.1. The van der Waals surface area contributed by atoms with Crippen LogP contribution in [0.1, 0.15) is 0 Å². The van der Waals surface area contributed by atoms with Crippen LogP contribution in [0.15, 0.2) is 180 Å². The van der Waals surface area contributed by atoms with Gasteiger partial charge in [0.2, 0.25) is 0 Å². The molecule has 0 aliphatic heterocycles. The van der Waals surface area contributed by atoms with Crippen LogP contribution in [0.3, 0.4) is 0 Å². The molecule has 0 fully saturated rings. The van der Waals surface area contributed by atoms with Crippen LogP contribution in [0.25, 0.3) is 97.7 Å². The number of hydrogen-bond donors (Lipinski definition) is 0. The lowest BCUT2D eigenvalue weighted by Crippen LogP contribution is -1.92. The molecule has 0 aliphatic rings. The predicted octanol–water partition coefficient (Wildman–Crippen LogP) is 14.9. The highest BCUT2D eigenvalue weighted by Crippen LogP contribution is 2.50. The van der Waals surface area contributed by atoms with Gasteiger partial charge in [0, 0.05) is 25.5 Å². The lowest BCUT2D eigenvalue weighted by molar-refractivity contribution is 1.63. The van der Waals surface area contributed by atoms with E-state index in [0.717, 1.165) is 4.47 Å². The average Bonchev–Trinajstić information content (AvgIpc) is 3.57. The van der Waals surface area contributed by atoms with Crippen LogP contribution in [0, 0.1) is 0 Å². The number of fused-ring (bicyclic) bond motifs is 6. The van der Waals surface area contributed by atoms with Crippen LogP contribution in [0.5, 0.6) is 0 Å². The van der Waals surface area contributed by atoms with Crippen molar-refractivity contribution in [2.45, 2.75) is 0 Å². The van der Waals surface area contributed by atoms with E-state index in [1.54, 1.807) is 0 Å². The Balaban J connectivity index is 1.23. The first-order chi connectivity index (χ1) is 24.8. The van der Waals surface area contributed by atoms with Crippen LogP contribution >= 0.6 is 27.3 Å². The SMILES string of the molecule is Brc1csc2c(-c3ccccc3)c(-c3ccc(-c4c5ccccc5c(-c5cccc6ccccc56)c5ccccc45)cc3)c3ccccc3c12. The van der Waals surface area contributed by atoms with Gasteiger partial charge in [-0.1, -0.05) is 170 Å². The fourth-order valence-corrected chi connectivity index (χ4v) is 9.93. The molecule has 0 radical (unpaired) electrons. The summed E-state index contributed by atoms with van der Waals surface area (Å²) in [4.78, 5) is 0. The maximum atomic E-state index is 3.89. The first kappa shape index (κ1) is 29.4. The van der Waals surface area contributed by atoms with Gasteiger partial charge >= 0.3 is 0 Å². The van der Waals surface area contributed by atoms with Crippen molar-refractivity contribution in [3.63, 3.8) is 0 Å². The fraction of sp³-hybridized carbons (Fsp3) is 0. The van der Waals surface area contributed by atoms with E-state index in [2.05, 4.69) is 191 Å². The number of thiophene rings is 1. The van der Waals surface area contributed by atoms with Crippen molar-refractivity contribution in [1.82, 2.24) is 0 Å². The molecule has 0 unspecified atom stereocenters. The van der Waals surface area contributed by atoms with Gasteiger partial charge in [-0.15, -0.1) is 11.3 Å². The quantitative estimate of drug-likeness (QED) is 0.159. The molecular weight excluding hydrogens is 688 g/mol. The zero-order valence-corrected chi connectivity index (χ0v) is 29.4. The molecular formula is C48H29BrS. The Morgan fingerprint density at radius 1 is 0.340 bits per heavy atom. The van der Waals surface area contributed by atoms with Gasteiger partial charge in [0.1, 0.15) is 0 Å². The summed E-state index contributed by atoms with van der Waals surface area (Å²) in [5.74, 6) is 0. The lowest BCUT2D eigenvalue weighted by atomic mass is 9.84.